The number of ether oxygens (including phenoxy) is 2. The van der Waals surface area contributed by atoms with E-state index < -0.39 is 75.5 Å². The van der Waals surface area contributed by atoms with Crippen LogP contribution in [-0.4, -0.2) is 46.8 Å². The summed E-state index contributed by atoms with van der Waals surface area (Å²) in [5.41, 5.74) is 0.757. The van der Waals surface area contributed by atoms with Crippen molar-refractivity contribution >= 4 is 6.21 Å². The highest BCUT2D eigenvalue weighted by Gasteiger charge is 2.46. The van der Waals surface area contributed by atoms with Gasteiger partial charge in [0.1, 0.15) is 6.33 Å². The van der Waals surface area contributed by atoms with Gasteiger partial charge in [0.05, 0.1) is 53.2 Å². The third kappa shape index (κ3) is 15.1. The van der Waals surface area contributed by atoms with Crippen LogP contribution in [0.3, 0.4) is 0 Å². The molecule has 8 nitrogen and oxygen atoms in total. The van der Waals surface area contributed by atoms with Crippen molar-refractivity contribution in [3.8, 4) is 0 Å². The Morgan fingerprint density at radius 1 is 0.613 bits per heavy atom. The fourth-order valence-electron chi connectivity index (χ4n) is 9.93. The highest BCUT2D eigenvalue weighted by atomic mass is 19.4. The standard InChI is InChI=1S/C27H29F6N3O2.C25H29F6NO.C3H7N/c1-3-25(36-17-34-35-23(36)37)11-9-24(10-12-25,20-7-5-4-6-8-20)16-38-18(2)19-13-21(26(28,29)30)15-22(14-19)27(31,32)33;1-3-23(32)11-9-22(10-12-23,19-7-5-4-6-8-19)16-33-17(2)18-13-20(24(26,27)28)15-21(14-18)25(29,30)31;1-3-4-2/h4-8,13-15,17-18H,3,9-12,16H2,1-2H3,(H,35,37);4-8,13-15,17H,3,9-12,16,32H2,1-2H3;3H,1-2H3/t18-,24?,25?;17-,22?,23?;/m11./s1. The highest BCUT2D eigenvalue weighted by molar-refractivity contribution is 5.52. The lowest BCUT2D eigenvalue weighted by molar-refractivity contribution is -0.145. The Hall–Kier alpha value is -5.47. The number of nitrogens with one attached hydrogen (secondary N) is 1. The van der Waals surface area contributed by atoms with E-state index in [1.807, 2.05) is 81.4 Å². The Morgan fingerprint density at radius 3 is 1.24 bits per heavy atom. The molecule has 5 aromatic rings. The predicted octanol–water partition coefficient (Wildman–Crippen LogP) is 15.1. The molecule has 0 bridgehead atoms. The monoisotopic (exact) mass is 1070 g/mol. The van der Waals surface area contributed by atoms with Gasteiger partial charge in [-0.05, 0) is 150 Å². The third-order valence-electron chi connectivity index (χ3n) is 15.2. The molecule has 1 heterocycles. The van der Waals surface area contributed by atoms with Gasteiger partial charge in [0.2, 0.25) is 0 Å². The number of rotatable bonds is 13. The van der Waals surface area contributed by atoms with Gasteiger partial charge in [-0.1, -0.05) is 74.5 Å². The van der Waals surface area contributed by atoms with E-state index in [2.05, 4.69) is 15.2 Å². The first kappa shape index (κ1) is 60.4. The number of benzene rings is 4. The average Bonchev–Trinajstić information content (AvgIpc) is 3.83. The zero-order valence-electron chi connectivity index (χ0n) is 42.7. The van der Waals surface area contributed by atoms with Crippen LogP contribution in [0.1, 0.15) is 156 Å². The van der Waals surface area contributed by atoms with Crippen LogP contribution >= 0.6 is 0 Å². The second-order valence-corrected chi connectivity index (χ2v) is 19.7. The third-order valence-corrected chi connectivity index (χ3v) is 15.2. The summed E-state index contributed by atoms with van der Waals surface area (Å²) in [5, 5.41) is 6.31. The van der Waals surface area contributed by atoms with Crippen LogP contribution in [0.15, 0.2) is 113 Å². The first-order valence-electron chi connectivity index (χ1n) is 24.7. The minimum absolute atomic E-state index is 0.0931. The second-order valence-electron chi connectivity index (χ2n) is 19.7. The van der Waals surface area contributed by atoms with Crippen molar-refractivity contribution in [2.24, 2.45) is 10.7 Å². The normalized spacial score (nSPS) is 23.4. The Bertz CT molecular complexity index is 2590. The largest absolute Gasteiger partial charge is 0.416 e. The number of aliphatic imine (C=N–C) groups is 1. The van der Waals surface area contributed by atoms with Crippen LogP contribution in [-0.2, 0) is 50.5 Å². The number of aromatic amines is 1. The molecule has 75 heavy (non-hydrogen) atoms. The van der Waals surface area contributed by atoms with Crippen LogP contribution in [0.2, 0.25) is 0 Å². The smallest absolute Gasteiger partial charge is 0.373 e. The average molecular weight is 1070 g/mol. The van der Waals surface area contributed by atoms with E-state index in [4.69, 9.17) is 15.2 Å². The number of hydrogen-bond donors (Lipinski definition) is 2. The summed E-state index contributed by atoms with van der Waals surface area (Å²) in [6.45, 7) is 9.14. The van der Waals surface area contributed by atoms with E-state index in [1.54, 1.807) is 17.8 Å². The quantitative estimate of drug-likeness (QED) is 0.0902. The van der Waals surface area contributed by atoms with Gasteiger partial charge in [-0.15, -0.1) is 0 Å². The zero-order chi connectivity index (χ0) is 55.7. The summed E-state index contributed by atoms with van der Waals surface area (Å²) in [4.78, 5) is 16.0. The number of nitrogens with zero attached hydrogens (tertiary/aromatic N) is 3. The van der Waals surface area contributed by atoms with Gasteiger partial charge in [0.25, 0.3) is 0 Å². The van der Waals surface area contributed by atoms with E-state index in [9.17, 15) is 57.5 Å². The van der Waals surface area contributed by atoms with E-state index >= 15 is 0 Å². The highest BCUT2D eigenvalue weighted by Crippen LogP contribution is 2.49. The number of H-pyrrole nitrogens is 1. The maximum atomic E-state index is 13.4. The molecule has 2 aliphatic carbocycles. The second kappa shape index (κ2) is 24.2. The number of hydrogen-bond acceptors (Lipinski definition) is 6. The molecular weight excluding hydrogens is 1010 g/mol. The Balaban J connectivity index is 0.000000261. The molecule has 0 amide bonds. The molecule has 4 aromatic carbocycles. The molecule has 0 unspecified atom stereocenters. The maximum Gasteiger partial charge on any atom is 0.416 e. The predicted molar refractivity (Wildman–Crippen MR) is 263 cm³/mol. The van der Waals surface area contributed by atoms with Gasteiger partial charge in [-0.2, -0.15) is 57.8 Å². The van der Waals surface area contributed by atoms with Crippen LogP contribution < -0.4 is 11.4 Å². The first-order valence-corrected chi connectivity index (χ1v) is 24.7. The molecule has 0 saturated heterocycles. The summed E-state index contributed by atoms with van der Waals surface area (Å²) in [7, 11) is 1.75. The Labute approximate surface area is 429 Å². The van der Waals surface area contributed by atoms with Gasteiger partial charge in [-0.25, -0.2) is 9.89 Å². The molecule has 0 radical (unpaired) electrons. The fourth-order valence-corrected chi connectivity index (χ4v) is 9.93. The van der Waals surface area contributed by atoms with E-state index in [1.165, 1.54) is 20.2 Å². The van der Waals surface area contributed by atoms with Crippen molar-refractivity contribution in [1.82, 2.24) is 14.8 Å². The van der Waals surface area contributed by atoms with Crippen molar-refractivity contribution in [3.63, 3.8) is 0 Å². The van der Waals surface area contributed by atoms with E-state index in [0.29, 0.717) is 44.2 Å². The molecule has 1 aromatic heterocycles. The minimum atomic E-state index is -4.93. The summed E-state index contributed by atoms with van der Waals surface area (Å²) >= 11 is 0. The van der Waals surface area contributed by atoms with Gasteiger partial charge in [-0.3, -0.25) is 4.57 Å². The number of aromatic nitrogens is 3. The Morgan fingerprint density at radius 2 is 0.960 bits per heavy atom. The van der Waals surface area contributed by atoms with E-state index in [0.717, 1.165) is 55.4 Å². The van der Waals surface area contributed by atoms with Gasteiger partial charge >= 0.3 is 30.4 Å². The summed E-state index contributed by atoms with van der Waals surface area (Å²) in [5.74, 6) is 0. The lowest BCUT2D eigenvalue weighted by Gasteiger charge is -2.47. The van der Waals surface area contributed by atoms with Crippen molar-refractivity contribution in [2.45, 2.75) is 158 Å². The van der Waals surface area contributed by atoms with Crippen molar-refractivity contribution < 1.29 is 62.2 Å². The number of alkyl halides is 12. The molecule has 2 fully saturated rings. The molecule has 0 aliphatic heterocycles. The zero-order valence-corrected chi connectivity index (χ0v) is 42.7. The van der Waals surface area contributed by atoms with E-state index in [-0.39, 0.29) is 47.7 Å². The van der Waals surface area contributed by atoms with Crippen LogP contribution in [0, 0.1) is 0 Å². The minimum Gasteiger partial charge on any atom is -0.373 e. The van der Waals surface area contributed by atoms with Gasteiger partial charge in [0, 0.05) is 23.4 Å². The summed E-state index contributed by atoms with van der Waals surface area (Å²) < 4.78 is 173. The summed E-state index contributed by atoms with van der Waals surface area (Å²) in [6.07, 6.45) is -11.4. The van der Waals surface area contributed by atoms with Crippen LogP contribution in [0.5, 0.6) is 0 Å². The first-order chi connectivity index (χ1) is 35.0. The maximum absolute atomic E-state index is 13.4. The van der Waals surface area contributed by atoms with Gasteiger partial charge in [0.15, 0.2) is 0 Å². The van der Waals surface area contributed by atoms with Crippen LogP contribution in [0.25, 0.3) is 0 Å². The lowest BCUT2D eigenvalue weighted by atomic mass is 9.63. The molecule has 20 heteroatoms. The fraction of sp³-hybridized carbons (Fsp3) is 0.509. The molecule has 2 atom stereocenters. The SMILES string of the molecule is CC=NC.CCC1(N)CCC(CO[C@H](C)c2cc(C(F)(F)F)cc(C(F)(F)F)c2)(c2ccccc2)CC1.CCC1(n2cn[nH]c2=O)CCC(CO[C@H](C)c2cc(C(F)(F)F)cc(C(F)(F)F)c2)(c2ccccc2)CC1. The van der Waals surface area contributed by atoms with Crippen molar-refractivity contribution in [1.29, 1.82) is 0 Å². The van der Waals surface area contributed by atoms with Crippen molar-refractivity contribution in [2.75, 3.05) is 20.3 Å². The number of halogens is 12. The molecule has 2 saturated carbocycles. The molecule has 3 N–H and O–H groups in total. The molecule has 412 valence electrons. The van der Waals surface area contributed by atoms with Gasteiger partial charge < -0.3 is 20.2 Å². The van der Waals surface area contributed by atoms with Crippen LogP contribution in [0.4, 0.5) is 52.7 Å². The molecule has 0 spiro atoms. The Kier molecular flexibility index (Phi) is 19.5. The molecule has 7 rings (SSSR count). The lowest BCUT2D eigenvalue weighted by Crippen LogP contribution is -2.48. The van der Waals surface area contributed by atoms with Crippen molar-refractivity contribution in [3.05, 3.63) is 158 Å². The number of nitrogens with two attached hydrogens (primary N) is 1. The molecular formula is C55H65F12N5O3. The topological polar surface area (TPSA) is 108 Å². The summed E-state index contributed by atoms with van der Waals surface area (Å²) in [6, 6.07) is 22.3. The molecule has 2 aliphatic rings.